The van der Waals surface area contributed by atoms with E-state index in [0.717, 1.165) is 19.5 Å². The molecule has 2 amide bonds. The lowest BCUT2D eigenvalue weighted by molar-refractivity contribution is -0.141. The summed E-state index contributed by atoms with van der Waals surface area (Å²) >= 11 is 0. The van der Waals surface area contributed by atoms with Gasteiger partial charge in [0.1, 0.15) is 0 Å². The number of hydrogen-bond acceptors (Lipinski definition) is 4. The number of carboxylic acid groups (broad SMARTS) is 1. The van der Waals surface area contributed by atoms with Gasteiger partial charge in [0.05, 0.1) is 6.10 Å². The van der Waals surface area contributed by atoms with Crippen LogP contribution in [0.15, 0.2) is 0 Å². The average Bonchev–Trinajstić information content (AvgIpc) is 2.42. The van der Waals surface area contributed by atoms with E-state index in [-0.39, 0.29) is 0 Å². The number of nitrogens with zero attached hydrogens (tertiary/aromatic N) is 1. The standard InChI is InChI=1S/C14H27N3O4/c1-10-6-3-4-8-17(10)9-5-7-15-14(21)16-12(11(2)18)13(19)20/h10-12,18H,3-9H2,1-2H3,(H,19,20)(H2,15,16,21). The Kier molecular flexibility index (Phi) is 7.45. The van der Waals surface area contributed by atoms with E-state index in [1.807, 2.05) is 0 Å². The third-order valence-electron chi connectivity index (χ3n) is 3.88. The van der Waals surface area contributed by atoms with Crippen molar-refractivity contribution in [3.8, 4) is 0 Å². The van der Waals surface area contributed by atoms with Gasteiger partial charge < -0.3 is 25.7 Å². The molecule has 0 bridgehead atoms. The molecule has 3 atom stereocenters. The van der Waals surface area contributed by atoms with Crippen molar-refractivity contribution in [1.82, 2.24) is 15.5 Å². The molecule has 3 unspecified atom stereocenters. The summed E-state index contributed by atoms with van der Waals surface area (Å²) in [7, 11) is 0. The molecule has 1 saturated heterocycles. The minimum Gasteiger partial charge on any atom is -0.480 e. The van der Waals surface area contributed by atoms with Gasteiger partial charge in [-0.25, -0.2) is 9.59 Å². The fraction of sp³-hybridized carbons (Fsp3) is 0.857. The number of carboxylic acids is 1. The fourth-order valence-corrected chi connectivity index (χ4v) is 2.55. The van der Waals surface area contributed by atoms with Gasteiger partial charge in [0, 0.05) is 19.1 Å². The molecular formula is C14H27N3O4. The number of rotatable bonds is 7. The Bertz CT molecular complexity index is 349. The number of nitrogens with one attached hydrogen (secondary N) is 2. The number of urea groups is 1. The van der Waals surface area contributed by atoms with Crippen LogP contribution in [0, 0.1) is 0 Å². The van der Waals surface area contributed by atoms with Crippen molar-refractivity contribution in [1.29, 1.82) is 0 Å². The molecule has 0 spiro atoms. The number of amides is 2. The highest BCUT2D eigenvalue weighted by Crippen LogP contribution is 2.15. The molecular weight excluding hydrogens is 274 g/mol. The van der Waals surface area contributed by atoms with Crippen LogP contribution in [0.25, 0.3) is 0 Å². The Labute approximate surface area is 125 Å². The maximum atomic E-state index is 11.6. The first kappa shape index (κ1) is 17.7. The topological polar surface area (TPSA) is 102 Å². The number of carbonyl (C=O) groups excluding carboxylic acids is 1. The maximum absolute atomic E-state index is 11.6. The number of carbonyl (C=O) groups is 2. The minimum absolute atomic E-state index is 0.487. The van der Waals surface area contributed by atoms with E-state index in [1.54, 1.807) is 0 Å². The summed E-state index contributed by atoms with van der Waals surface area (Å²) in [4.78, 5) is 24.8. The SMILES string of the molecule is CC(O)C(NC(=O)NCCCN1CCCCC1C)C(=O)O. The van der Waals surface area contributed by atoms with Crippen LogP contribution in [0.4, 0.5) is 4.79 Å². The molecule has 1 heterocycles. The van der Waals surface area contributed by atoms with Gasteiger partial charge >= 0.3 is 12.0 Å². The molecule has 1 aliphatic rings. The summed E-state index contributed by atoms with van der Waals surface area (Å²) in [6, 6.07) is -1.25. The van der Waals surface area contributed by atoms with Crippen LogP contribution in [0.3, 0.4) is 0 Å². The van der Waals surface area contributed by atoms with Crippen molar-refractivity contribution in [3.05, 3.63) is 0 Å². The molecule has 0 saturated carbocycles. The molecule has 0 aromatic heterocycles. The van der Waals surface area contributed by atoms with Gasteiger partial charge in [-0.1, -0.05) is 6.42 Å². The number of aliphatic carboxylic acids is 1. The fourth-order valence-electron chi connectivity index (χ4n) is 2.55. The van der Waals surface area contributed by atoms with Gasteiger partial charge in [0.25, 0.3) is 0 Å². The molecule has 1 rings (SSSR count). The smallest absolute Gasteiger partial charge is 0.328 e. The van der Waals surface area contributed by atoms with Gasteiger partial charge in [-0.2, -0.15) is 0 Å². The summed E-state index contributed by atoms with van der Waals surface area (Å²) in [5, 5.41) is 23.0. The van der Waals surface area contributed by atoms with E-state index >= 15 is 0 Å². The van der Waals surface area contributed by atoms with Crippen LogP contribution < -0.4 is 10.6 Å². The van der Waals surface area contributed by atoms with Gasteiger partial charge in [-0.3, -0.25) is 0 Å². The zero-order chi connectivity index (χ0) is 15.8. The van der Waals surface area contributed by atoms with E-state index in [4.69, 9.17) is 5.11 Å². The molecule has 122 valence electrons. The second kappa shape index (κ2) is 8.84. The quantitative estimate of drug-likeness (QED) is 0.509. The molecule has 1 fully saturated rings. The van der Waals surface area contributed by atoms with Gasteiger partial charge in [0.2, 0.25) is 0 Å². The molecule has 21 heavy (non-hydrogen) atoms. The molecule has 1 aliphatic heterocycles. The Balaban J connectivity index is 2.19. The molecule has 0 radical (unpaired) electrons. The largest absolute Gasteiger partial charge is 0.480 e. The van der Waals surface area contributed by atoms with Crippen LogP contribution in [-0.2, 0) is 4.79 Å². The van der Waals surface area contributed by atoms with E-state index in [1.165, 1.54) is 26.2 Å². The molecule has 7 nitrogen and oxygen atoms in total. The second-order valence-electron chi connectivity index (χ2n) is 5.69. The van der Waals surface area contributed by atoms with Gasteiger partial charge in [-0.05, 0) is 39.7 Å². The monoisotopic (exact) mass is 301 g/mol. The normalized spacial score (nSPS) is 22.3. The Morgan fingerprint density at radius 1 is 1.38 bits per heavy atom. The predicted octanol–water partition coefficient (Wildman–Crippen LogP) is 0.384. The van der Waals surface area contributed by atoms with Crippen molar-refractivity contribution < 1.29 is 19.8 Å². The molecule has 4 N–H and O–H groups in total. The third kappa shape index (κ3) is 6.31. The number of aliphatic hydroxyl groups is 1. The number of likely N-dealkylation sites (tertiary alicyclic amines) is 1. The zero-order valence-electron chi connectivity index (χ0n) is 12.8. The highest BCUT2D eigenvalue weighted by molar-refractivity contribution is 5.82. The molecule has 0 aliphatic carbocycles. The lowest BCUT2D eigenvalue weighted by Gasteiger charge is -2.33. The summed E-state index contributed by atoms with van der Waals surface area (Å²) < 4.78 is 0. The van der Waals surface area contributed by atoms with E-state index in [0.29, 0.717) is 12.6 Å². The number of hydrogen-bond donors (Lipinski definition) is 4. The first-order valence-electron chi connectivity index (χ1n) is 7.61. The van der Waals surface area contributed by atoms with E-state index in [9.17, 15) is 14.7 Å². The zero-order valence-corrected chi connectivity index (χ0v) is 12.8. The summed E-state index contributed by atoms with van der Waals surface area (Å²) in [5.41, 5.74) is 0. The Hall–Kier alpha value is -1.34. The molecule has 0 aromatic rings. The summed E-state index contributed by atoms with van der Waals surface area (Å²) in [6.07, 6.45) is 3.43. The van der Waals surface area contributed by atoms with Crippen molar-refractivity contribution in [2.24, 2.45) is 0 Å². The van der Waals surface area contributed by atoms with Crippen LogP contribution in [0.1, 0.15) is 39.5 Å². The maximum Gasteiger partial charge on any atom is 0.328 e. The van der Waals surface area contributed by atoms with Crippen LogP contribution in [0.2, 0.25) is 0 Å². The van der Waals surface area contributed by atoms with Crippen LogP contribution >= 0.6 is 0 Å². The Morgan fingerprint density at radius 3 is 2.67 bits per heavy atom. The second-order valence-corrected chi connectivity index (χ2v) is 5.69. The summed E-state index contributed by atoms with van der Waals surface area (Å²) in [5.74, 6) is -1.25. The minimum atomic E-state index is -1.29. The average molecular weight is 301 g/mol. The lowest BCUT2D eigenvalue weighted by Crippen LogP contribution is -2.51. The highest BCUT2D eigenvalue weighted by atomic mass is 16.4. The first-order valence-corrected chi connectivity index (χ1v) is 7.61. The van der Waals surface area contributed by atoms with Crippen molar-refractivity contribution in [3.63, 3.8) is 0 Å². The lowest BCUT2D eigenvalue weighted by atomic mass is 10.0. The molecule has 7 heteroatoms. The highest BCUT2D eigenvalue weighted by Gasteiger charge is 2.24. The van der Waals surface area contributed by atoms with E-state index in [2.05, 4.69) is 22.5 Å². The first-order chi connectivity index (χ1) is 9.91. The van der Waals surface area contributed by atoms with Crippen molar-refractivity contribution in [2.45, 2.75) is 57.7 Å². The van der Waals surface area contributed by atoms with E-state index < -0.39 is 24.1 Å². The Morgan fingerprint density at radius 2 is 2.10 bits per heavy atom. The van der Waals surface area contributed by atoms with Crippen molar-refractivity contribution >= 4 is 12.0 Å². The number of aliphatic hydroxyl groups excluding tert-OH is 1. The number of piperidine rings is 1. The third-order valence-corrected chi connectivity index (χ3v) is 3.88. The van der Waals surface area contributed by atoms with Crippen molar-refractivity contribution in [2.75, 3.05) is 19.6 Å². The summed E-state index contributed by atoms with van der Waals surface area (Å²) in [6.45, 7) is 6.08. The van der Waals surface area contributed by atoms with Gasteiger partial charge in [-0.15, -0.1) is 0 Å². The predicted molar refractivity (Wildman–Crippen MR) is 79.1 cm³/mol. The molecule has 0 aromatic carbocycles. The van der Waals surface area contributed by atoms with Crippen LogP contribution in [-0.4, -0.2) is 64.9 Å². The van der Waals surface area contributed by atoms with Crippen LogP contribution in [0.5, 0.6) is 0 Å². The van der Waals surface area contributed by atoms with Gasteiger partial charge in [0.15, 0.2) is 6.04 Å².